The van der Waals surface area contributed by atoms with E-state index in [1.54, 1.807) is 0 Å². The monoisotopic (exact) mass is 310 g/mol. The third-order valence-corrected chi connectivity index (χ3v) is 3.80. The molecule has 0 aliphatic carbocycles. The van der Waals surface area contributed by atoms with Gasteiger partial charge in [-0.2, -0.15) is 4.98 Å². The van der Waals surface area contributed by atoms with Crippen LogP contribution in [0.5, 0.6) is 0 Å². The molecule has 22 heavy (non-hydrogen) atoms. The summed E-state index contributed by atoms with van der Waals surface area (Å²) in [6.45, 7) is 4.19. The van der Waals surface area contributed by atoms with E-state index in [2.05, 4.69) is 42.2 Å². The Labute approximate surface area is 134 Å². The number of benzene rings is 2. The van der Waals surface area contributed by atoms with Gasteiger partial charge in [0.25, 0.3) is 5.89 Å². The van der Waals surface area contributed by atoms with Crippen molar-refractivity contribution in [3.05, 3.63) is 82.0 Å². The molecule has 2 aromatic carbocycles. The molecule has 0 saturated heterocycles. The highest BCUT2D eigenvalue weighted by Crippen LogP contribution is 2.27. The van der Waals surface area contributed by atoms with E-state index in [0.717, 1.165) is 16.7 Å². The quantitative estimate of drug-likeness (QED) is 0.644. The molecule has 110 valence electrons. The molecule has 3 rings (SSSR count). The van der Waals surface area contributed by atoms with Crippen LogP contribution in [0.25, 0.3) is 11.6 Å². The molecule has 0 fully saturated rings. The molecule has 0 atom stereocenters. The van der Waals surface area contributed by atoms with Gasteiger partial charge in [-0.1, -0.05) is 47.1 Å². The minimum absolute atomic E-state index is 0.473. The van der Waals surface area contributed by atoms with Gasteiger partial charge in [-0.05, 0) is 54.3 Å². The molecule has 0 saturated carbocycles. The fourth-order valence-electron chi connectivity index (χ4n) is 2.24. The minimum atomic E-state index is 0.473. The van der Waals surface area contributed by atoms with E-state index < -0.39 is 0 Å². The maximum Gasteiger partial charge on any atom is 0.258 e. The minimum Gasteiger partial charge on any atom is -0.334 e. The standard InChI is InChI=1S/C18H15ClN2O/c1-12-6-7-14(8-13(12)2)9-17(18-20-11-21-22-18)15-4-3-5-16(19)10-15/h3-11H,1-2H3/b17-9+. The Morgan fingerprint density at radius 1 is 1.09 bits per heavy atom. The Balaban J connectivity index is 2.13. The van der Waals surface area contributed by atoms with Crippen molar-refractivity contribution >= 4 is 23.3 Å². The highest BCUT2D eigenvalue weighted by Gasteiger charge is 2.11. The van der Waals surface area contributed by atoms with Gasteiger partial charge in [0.15, 0.2) is 6.33 Å². The third kappa shape index (κ3) is 3.10. The molecule has 0 bridgehead atoms. The van der Waals surface area contributed by atoms with Gasteiger partial charge in [-0.25, -0.2) is 0 Å². The number of nitrogens with zero attached hydrogens (tertiary/aromatic N) is 2. The number of hydrogen-bond acceptors (Lipinski definition) is 3. The molecular weight excluding hydrogens is 296 g/mol. The second-order valence-electron chi connectivity index (χ2n) is 5.16. The van der Waals surface area contributed by atoms with Crippen molar-refractivity contribution in [2.75, 3.05) is 0 Å². The summed E-state index contributed by atoms with van der Waals surface area (Å²) in [5.74, 6) is 0.473. The molecule has 0 amide bonds. The van der Waals surface area contributed by atoms with Crippen LogP contribution in [0, 0.1) is 13.8 Å². The number of aryl methyl sites for hydroxylation is 2. The lowest BCUT2D eigenvalue weighted by Gasteiger charge is -2.06. The van der Waals surface area contributed by atoms with Crippen LogP contribution in [0.4, 0.5) is 0 Å². The van der Waals surface area contributed by atoms with Crippen molar-refractivity contribution in [2.45, 2.75) is 13.8 Å². The van der Waals surface area contributed by atoms with Crippen LogP contribution in [0.2, 0.25) is 5.02 Å². The number of rotatable bonds is 3. The highest BCUT2D eigenvalue weighted by molar-refractivity contribution is 6.30. The Kier molecular flexibility index (Phi) is 4.07. The van der Waals surface area contributed by atoms with Gasteiger partial charge in [0, 0.05) is 10.6 Å². The SMILES string of the molecule is Cc1ccc(/C=C(\c2cccc(Cl)c2)c2ncno2)cc1C. The van der Waals surface area contributed by atoms with Crippen molar-refractivity contribution in [3.63, 3.8) is 0 Å². The largest absolute Gasteiger partial charge is 0.334 e. The number of halogens is 1. The summed E-state index contributed by atoms with van der Waals surface area (Å²) in [6, 6.07) is 13.9. The average Bonchev–Trinajstić information content (AvgIpc) is 3.02. The van der Waals surface area contributed by atoms with Crippen molar-refractivity contribution in [2.24, 2.45) is 0 Å². The number of hydrogen-bond donors (Lipinski definition) is 0. The topological polar surface area (TPSA) is 38.9 Å². The van der Waals surface area contributed by atoms with Crippen LogP contribution in [0.1, 0.15) is 28.1 Å². The normalized spacial score (nSPS) is 11.7. The molecule has 0 spiro atoms. The molecule has 3 nitrogen and oxygen atoms in total. The molecule has 0 aliphatic rings. The van der Waals surface area contributed by atoms with Crippen molar-refractivity contribution in [3.8, 4) is 0 Å². The van der Waals surface area contributed by atoms with Crippen LogP contribution in [-0.4, -0.2) is 10.1 Å². The summed E-state index contributed by atoms with van der Waals surface area (Å²) in [7, 11) is 0. The Hall–Kier alpha value is -2.39. The van der Waals surface area contributed by atoms with Gasteiger partial charge < -0.3 is 4.52 Å². The van der Waals surface area contributed by atoms with Gasteiger partial charge in [0.1, 0.15) is 0 Å². The predicted molar refractivity (Wildman–Crippen MR) is 88.6 cm³/mol. The van der Waals surface area contributed by atoms with E-state index in [-0.39, 0.29) is 0 Å². The van der Waals surface area contributed by atoms with E-state index >= 15 is 0 Å². The lowest BCUT2D eigenvalue weighted by Crippen LogP contribution is -1.90. The fraction of sp³-hybridized carbons (Fsp3) is 0.111. The van der Waals surface area contributed by atoms with Crippen molar-refractivity contribution in [1.82, 2.24) is 10.1 Å². The maximum absolute atomic E-state index is 6.11. The first-order valence-corrected chi connectivity index (χ1v) is 7.33. The molecule has 1 heterocycles. The summed E-state index contributed by atoms with van der Waals surface area (Å²) < 4.78 is 5.24. The first kappa shape index (κ1) is 14.5. The zero-order chi connectivity index (χ0) is 15.5. The van der Waals surface area contributed by atoms with Gasteiger partial charge in [-0.3, -0.25) is 0 Å². The first-order valence-electron chi connectivity index (χ1n) is 6.95. The summed E-state index contributed by atoms with van der Waals surface area (Å²) >= 11 is 6.11. The lowest BCUT2D eigenvalue weighted by atomic mass is 10.0. The van der Waals surface area contributed by atoms with Crippen LogP contribution in [-0.2, 0) is 0 Å². The van der Waals surface area contributed by atoms with Gasteiger partial charge in [0.05, 0.1) is 0 Å². The van der Waals surface area contributed by atoms with Crippen LogP contribution < -0.4 is 0 Å². The Morgan fingerprint density at radius 3 is 2.64 bits per heavy atom. The van der Waals surface area contributed by atoms with Crippen LogP contribution >= 0.6 is 11.6 Å². The molecule has 1 aromatic heterocycles. The summed E-state index contributed by atoms with van der Waals surface area (Å²) in [5.41, 5.74) is 5.37. The molecule has 0 aliphatic heterocycles. The fourth-order valence-corrected chi connectivity index (χ4v) is 2.43. The van der Waals surface area contributed by atoms with E-state index in [4.69, 9.17) is 16.1 Å². The summed E-state index contributed by atoms with van der Waals surface area (Å²) in [4.78, 5) is 4.17. The predicted octanol–water partition coefficient (Wildman–Crippen LogP) is 4.93. The average molecular weight is 311 g/mol. The van der Waals surface area contributed by atoms with E-state index in [1.165, 1.54) is 17.5 Å². The molecule has 0 radical (unpaired) electrons. The van der Waals surface area contributed by atoms with E-state index in [1.807, 2.05) is 30.3 Å². The van der Waals surface area contributed by atoms with E-state index in [0.29, 0.717) is 10.9 Å². The highest BCUT2D eigenvalue weighted by atomic mass is 35.5. The summed E-state index contributed by atoms with van der Waals surface area (Å²) in [5, 5.41) is 4.37. The molecule has 0 N–H and O–H groups in total. The second kappa shape index (κ2) is 6.16. The smallest absolute Gasteiger partial charge is 0.258 e. The van der Waals surface area contributed by atoms with Gasteiger partial charge >= 0.3 is 0 Å². The molecular formula is C18H15ClN2O. The van der Waals surface area contributed by atoms with Crippen LogP contribution in [0.15, 0.2) is 53.3 Å². The van der Waals surface area contributed by atoms with Crippen molar-refractivity contribution in [1.29, 1.82) is 0 Å². The lowest BCUT2D eigenvalue weighted by molar-refractivity contribution is 0.407. The third-order valence-electron chi connectivity index (χ3n) is 3.57. The Morgan fingerprint density at radius 2 is 1.95 bits per heavy atom. The molecule has 0 unspecified atom stereocenters. The van der Waals surface area contributed by atoms with Gasteiger partial charge in [0.2, 0.25) is 0 Å². The van der Waals surface area contributed by atoms with Crippen molar-refractivity contribution < 1.29 is 4.52 Å². The zero-order valence-electron chi connectivity index (χ0n) is 12.4. The van der Waals surface area contributed by atoms with Crippen LogP contribution in [0.3, 0.4) is 0 Å². The second-order valence-corrected chi connectivity index (χ2v) is 5.59. The first-order chi connectivity index (χ1) is 10.6. The van der Waals surface area contributed by atoms with E-state index in [9.17, 15) is 0 Å². The molecule has 4 heteroatoms. The Bertz CT molecular complexity index is 823. The maximum atomic E-state index is 6.11. The summed E-state index contributed by atoms with van der Waals surface area (Å²) in [6.07, 6.45) is 3.43. The zero-order valence-corrected chi connectivity index (χ0v) is 13.1. The molecule has 3 aromatic rings. The number of aromatic nitrogens is 2. The van der Waals surface area contributed by atoms with Gasteiger partial charge in [-0.15, -0.1) is 0 Å².